The molecule has 1 aliphatic heterocycles. The first kappa shape index (κ1) is 15.6. The molecule has 2 atom stereocenters. The number of ether oxygens (including phenoxy) is 1. The number of nitrogens with one attached hydrogen (secondary N) is 1. The van der Waals surface area contributed by atoms with Gasteiger partial charge in [0.2, 0.25) is 0 Å². The lowest BCUT2D eigenvalue weighted by atomic mass is 9.99. The number of hydrogen-bond acceptors (Lipinski definition) is 2. The smallest absolute Gasteiger partial charge is 0.137 e. The van der Waals surface area contributed by atoms with E-state index in [1.165, 1.54) is 55.7 Å². The minimum atomic E-state index is -0.370. The first-order chi connectivity index (χ1) is 10.8. The summed E-state index contributed by atoms with van der Waals surface area (Å²) in [5.74, 6) is 1.43. The van der Waals surface area contributed by atoms with Gasteiger partial charge >= 0.3 is 0 Å². The van der Waals surface area contributed by atoms with Crippen molar-refractivity contribution in [1.82, 2.24) is 0 Å². The van der Waals surface area contributed by atoms with Crippen LogP contribution >= 0.6 is 0 Å². The van der Waals surface area contributed by atoms with Crippen molar-refractivity contribution in [1.29, 1.82) is 0 Å². The molecule has 0 amide bonds. The molecule has 3 rings (SSSR count). The fourth-order valence-electron chi connectivity index (χ4n) is 3.56. The van der Waals surface area contributed by atoms with E-state index in [-0.39, 0.29) is 6.10 Å². The fourth-order valence-corrected chi connectivity index (χ4v) is 3.56. The molecular formula is C19H28NO2+. The normalized spacial score (nSPS) is 23.6. The van der Waals surface area contributed by atoms with Crippen LogP contribution in [-0.4, -0.2) is 37.5 Å². The highest BCUT2D eigenvalue weighted by atomic mass is 16.5. The average molecular weight is 302 g/mol. The number of hydrogen-bond donors (Lipinski definition) is 2. The molecule has 0 aromatic heterocycles. The van der Waals surface area contributed by atoms with Gasteiger partial charge in [0.05, 0.1) is 13.1 Å². The molecule has 1 aliphatic carbocycles. The third kappa shape index (κ3) is 4.34. The van der Waals surface area contributed by atoms with E-state index >= 15 is 0 Å². The molecule has 1 aromatic rings. The largest absolute Gasteiger partial charge is 0.491 e. The van der Waals surface area contributed by atoms with Gasteiger partial charge in [-0.15, -0.1) is 0 Å². The zero-order valence-electron chi connectivity index (χ0n) is 13.3. The minimum absolute atomic E-state index is 0.370. The Morgan fingerprint density at radius 1 is 1.14 bits per heavy atom. The van der Waals surface area contributed by atoms with Crippen molar-refractivity contribution >= 4 is 0 Å². The van der Waals surface area contributed by atoms with Gasteiger partial charge in [-0.1, -0.05) is 24.3 Å². The summed E-state index contributed by atoms with van der Waals surface area (Å²) in [4.78, 5) is 1.52. The summed E-state index contributed by atoms with van der Waals surface area (Å²) in [6.45, 7) is 3.60. The van der Waals surface area contributed by atoms with Crippen molar-refractivity contribution in [3.05, 3.63) is 42.0 Å². The van der Waals surface area contributed by atoms with E-state index in [0.717, 1.165) is 12.3 Å². The highest BCUT2D eigenvalue weighted by Gasteiger charge is 2.18. The maximum atomic E-state index is 10.1. The predicted molar refractivity (Wildman–Crippen MR) is 88.5 cm³/mol. The Kier molecular flexibility index (Phi) is 5.52. The summed E-state index contributed by atoms with van der Waals surface area (Å²) < 4.78 is 5.75. The summed E-state index contributed by atoms with van der Waals surface area (Å²) in [6, 6.07) is 8.36. The molecular weight excluding hydrogens is 274 g/mol. The second kappa shape index (κ2) is 7.80. The second-order valence-electron chi connectivity index (χ2n) is 6.66. The zero-order chi connectivity index (χ0) is 15.2. The monoisotopic (exact) mass is 302 g/mol. The molecule has 2 aliphatic rings. The van der Waals surface area contributed by atoms with Gasteiger partial charge < -0.3 is 14.7 Å². The topological polar surface area (TPSA) is 33.9 Å². The van der Waals surface area contributed by atoms with Crippen LogP contribution in [-0.2, 0) is 0 Å². The molecule has 120 valence electrons. The average Bonchev–Trinajstić information content (AvgIpc) is 3.09. The number of benzene rings is 1. The highest BCUT2D eigenvalue weighted by Crippen LogP contribution is 2.29. The molecule has 0 saturated carbocycles. The Morgan fingerprint density at radius 2 is 1.91 bits per heavy atom. The Bertz CT molecular complexity index is 477. The van der Waals surface area contributed by atoms with E-state index in [2.05, 4.69) is 24.3 Å². The van der Waals surface area contributed by atoms with Crippen LogP contribution in [0.2, 0.25) is 0 Å². The predicted octanol–water partition coefficient (Wildman–Crippen LogP) is 1.93. The molecule has 0 bridgehead atoms. The van der Waals surface area contributed by atoms with Gasteiger partial charge in [-0.25, -0.2) is 0 Å². The van der Waals surface area contributed by atoms with Crippen LogP contribution in [0.1, 0.15) is 43.6 Å². The van der Waals surface area contributed by atoms with Crippen LogP contribution < -0.4 is 9.64 Å². The second-order valence-corrected chi connectivity index (χ2v) is 6.66. The molecule has 2 N–H and O–H groups in total. The van der Waals surface area contributed by atoms with E-state index in [4.69, 9.17) is 4.74 Å². The quantitative estimate of drug-likeness (QED) is 0.787. The van der Waals surface area contributed by atoms with E-state index in [1.54, 1.807) is 0 Å². The number of likely N-dealkylation sites (tertiary alicyclic amines) is 1. The molecule has 0 radical (unpaired) electrons. The summed E-state index contributed by atoms with van der Waals surface area (Å²) >= 11 is 0. The summed E-state index contributed by atoms with van der Waals surface area (Å²) in [5.41, 5.74) is 1.36. The van der Waals surface area contributed by atoms with Gasteiger partial charge in [0, 0.05) is 5.92 Å². The molecule has 1 aromatic carbocycles. The first-order valence-corrected chi connectivity index (χ1v) is 8.72. The van der Waals surface area contributed by atoms with Gasteiger partial charge in [-0.05, 0) is 49.8 Å². The Labute approximate surface area is 133 Å². The van der Waals surface area contributed by atoms with Crippen LogP contribution in [0.5, 0.6) is 5.75 Å². The SMILES string of the molecule is O[C@H](COc1ccc([C@@H]2C=CCC2)cc1)C[NH+]1CCCCC1. The lowest BCUT2D eigenvalue weighted by Crippen LogP contribution is -3.14. The highest BCUT2D eigenvalue weighted by molar-refractivity contribution is 5.32. The van der Waals surface area contributed by atoms with Crippen LogP contribution in [0.3, 0.4) is 0 Å². The Morgan fingerprint density at radius 3 is 2.59 bits per heavy atom. The molecule has 1 saturated heterocycles. The lowest BCUT2D eigenvalue weighted by Gasteiger charge is -2.25. The molecule has 1 fully saturated rings. The molecule has 3 heteroatoms. The number of piperidine rings is 1. The van der Waals surface area contributed by atoms with Crippen molar-refractivity contribution < 1.29 is 14.7 Å². The molecule has 0 spiro atoms. The Balaban J connectivity index is 1.43. The first-order valence-electron chi connectivity index (χ1n) is 8.72. The van der Waals surface area contributed by atoms with Gasteiger partial charge in [-0.2, -0.15) is 0 Å². The summed E-state index contributed by atoms with van der Waals surface area (Å²) in [6.07, 6.45) is 10.5. The number of rotatable bonds is 6. The molecule has 0 unspecified atom stereocenters. The van der Waals surface area contributed by atoms with E-state index < -0.39 is 0 Å². The molecule has 1 heterocycles. The van der Waals surface area contributed by atoms with Crippen molar-refractivity contribution in [2.75, 3.05) is 26.2 Å². The fraction of sp³-hybridized carbons (Fsp3) is 0.579. The van der Waals surface area contributed by atoms with Gasteiger partial charge in [0.15, 0.2) is 0 Å². The number of aliphatic hydroxyl groups is 1. The number of aliphatic hydroxyl groups excluding tert-OH is 1. The van der Waals surface area contributed by atoms with Gasteiger partial charge in [0.1, 0.15) is 25.0 Å². The van der Waals surface area contributed by atoms with Crippen molar-refractivity contribution in [3.63, 3.8) is 0 Å². The Hall–Kier alpha value is -1.32. The van der Waals surface area contributed by atoms with E-state index in [1.807, 2.05) is 12.1 Å². The van der Waals surface area contributed by atoms with Gasteiger partial charge in [0.25, 0.3) is 0 Å². The molecule has 22 heavy (non-hydrogen) atoms. The van der Waals surface area contributed by atoms with E-state index in [0.29, 0.717) is 12.5 Å². The van der Waals surface area contributed by atoms with Crippen LogP contribution in [0, 0.1) is 0 Å². The summed E-state index contributed by atoms with van der Waals surface area (Å²) in [5, 5.41) is 10.1. The third-order valence-electron chi connectivity index (χ3n) is 4.85. The maximum absolute atomic E-state index is 10.1. The third-order valence-corrected chi connectivity index (χ3v) is 4.85. The zero-order valence-corrected chi connectivity index (χ0v) is 13.3. The van der Waals surface area contributed by atoms with Crippen molar-refractivity contribution in [2.45, 2.75) is 44.1 Å². The molecule has 3 nitrogen and oxygen atoms in total. The standard InChI is InChI=1S/C19H27NO2/c21-18(14-20-12-4-1-5-13-20)15-22-19-10-8-17(9-11-19)16-6-2-3-7-16/h2,6,8-11,16,18,21H,1,3-5,7,12-15H2/p+1/t16-,18+/m1/s1. The maximum Gasteiger partial charge on any atom is 0.137 e. The van der Waals surface area contributed by atoms with E-state index in [9.17, 15) is 5.11 Å². The minimum Gasteiger partial charge on any atom is -0.491 e. The van der Waals surface area contributed by atoms with Crippen LogP contribution in [0.15, 0.2) is 36.4 Å². The lowest BCUT2D eigenvalue weighted by molar-refractivity contribution is -0.908. The summed E-state index contributed by atoms with van der Waals surface area (Å²) in [7, 11) is 0. The van der Waals surface area contributed by atoms with Crippen LogP contribution in [0.25, 0.3) is 0 Å². The van der Waals surface area contributed by atoms with Gasteiger partial charge in [-0.3, -0.25) is 0 Å². The van der Waals surface area contributed by atoms with Crippen molar-refractivity contribution in [2.24, 2.45) is 0 Å². The number of quaternary nitrogens is 1. The van der Waals surface area contributed by atoms with Crippen LogP contribution in [0.4, 0.5) is 0 Å². The van der Waals surface area contributed by atoms with Crippen molar-refractivity contribution in [3.8, 4) is 5.75 Å². The number of allylic oxidation sites excluding steroid dienone is 2.